The van der Waals surface area contributed by atoms with E-state index in [9.17, 15) is 4.39 Å². The van der Waals surface area contributed by atoms with Crippen LogP contribution in [0.5, 0.6) is 5.75 Å². The van der Waals surface area contributed by atoms with E-state index in [1.165, 1.54) is 6.07 Å². The fourth-order valence-corrected chi connectivity index (χ4v) is 2.17. The molecule has 0 radical (unpaired) electrons. The first-order valence-corrected chi connectivity index (χ1v) is 6.99. The van der Waals surface area contributed by atoms with Crippen LogP contribution in [0.1, 0.15) is 12.0 Å². The third-order valence-electron chi connectivity index (χ3n) is 3.33. The maximum absolute atomic E-state index is 13.9. The van der Waals surface area contributed by atoms with Gasteiger partial charge in [-0.1, -0.05) is 12.1 Å². The summed E-state index contributed by atoms with van der Waals surface area (Å²) in [7, 11) is 1.65. The Bertz CT molecular complexity index is 408. The van der Waals surface area contributed by atoms with E-state index in [0.717, 1.165) is 25.1 Å². The molecule has 0 saturated carbocycles. The van der Waals surface area contributed by atoms with Gasteiger partial charge in [-0.2, -0.15) is 0 Å². The summed E-state index contributed by atoms with van der Waals surface area (Å²) in [5.74, 6) is 0.406. The minimum Gasteiger partial charge on any atom is -0.490 e. The van der Waals surface area contributed by atoms with Crippen LogP contribution in [0.3, 0.4) is 0 Å². The molecule has 0 aromatic heterocycles. The van der Waals surface area contributed by atoms with Crippen molar-refractivity contribution < 1.29 is 18.6 Å². The zero-order valence-corrected chi connectivity index (χ0v) is 11.9. The largest absolute Gasteiger partial charge is 0.490 e. The highest BCUT2D eigenvalue weighted by atomic mass is 19.1. The van der Waals surface area contributed by atoms with Crippen molar-refractivity contribution in [2.45, 2.75) is 13.0 Å². The van der Waals surface area contributed by atoms with Crippen LogP contribution in [0.15, 0.2) is 18.2 Å². The second-order valence-electron chi connectivity index (χ2n) is 4.94. The number of ether oxygens (including phenoxy) is 3. The third-order valence-corrected chi connectivity index (χ3v) is 3.33. The predicted octanol–water partition coefficient (Wildman–Crippen LogP) is 1.98. The molecule has 1 aromatic rings. The zero-order valence-electron chi connectivity index (χ0n) is 11.9. The van der Waals surface area contributed by atoms with E-state index in [1.807, 2.05) is 6.07 Å². The maximum atomic E-state index is 13.9. The lowest BCUT2D eigenvalue weighted by Crippen LogP contribution is -2.20. The SMILES string of the molecule is COCCNCc1cccc(F)c1OCC1CCOC1. The molecule has 20 heavy (non-hydrogen) atoms. The Kier molecular flexibility index (Phi) is 6.24. The van der Waals surface area contributed by atoms with Gasteiger partial charge in [-0.3, -0.25) is 0 Å². The van der Waals surface area contributed by atoms with Gasteiger partial charge in [-0.15, -0.1) is 0 Å². The number of para-hydroxylation sites is 1. The number of hydrogen-bond acceptors (Lipinski definition) is 4. The third kappa shape index (κ3) is 4.44. The zero-order chi connectivity index (χ0) is 14.2. The summed E-state index contributed by atoms with van der Waals surface area (Å²) in [4.78, 5) is 0. The Morgan fingerprint density at radius 1 is 1.45 bits per heavy atom. The topological polar surface area (TPSA) is 39.7 Å². The summed E-state index contributed by atoms with van der Waals surface area (Å²) >= 11 is 0. The summed E-state index contributed by atoms with van der Waals surface area (Å²) in [6, 6.07) is 5.01. The van der Waals surface area contributed by atoms with Crippen molar-refractivity contribution >= 4 is 0 Å². The van der Waals surface area contributed by atoms with Crippen molar-refractivity contribution in [3.63, 3.8) is 0 Å². The number of halogens is 1. The molecule has 1 unspecified atom stereocenters. The summed E-state index contributed by atoms with van der Waals surface area (Å²) in [6.45, 7) is 3.91. The fraction of sp³-hybridized carbons (Fsp3) is 0.600. The Balaban J connectivity index is 1.90. The number of nitrogens with one attached hydrogen (secondary N) is 1. The van der Waals surface area contributed by atoms with Crippen LogP contribution in [-0.4, -0.2) is 40.1 Å². The van der Waals surface area contributed by atoms with Crippen molar-refractivity contribution in [2.24, 2.45) is 5.92 Å². The average molecular weight is 283 g/mol. The number of benzene rings is 1. The lowest BCUT2D eigenvalue weighted by atomic mass is 10.1. The van der Waals surface area contributed by atoms with Gasteiger partial charge in [0.2, 0.25) is 0 Å². The molecule has 1 heterocycles. The quantitative estimate of drug-likeness (QED) is 0.741. The first-order chi connectivity index (χ1) is 9.81. The van der Waals surface area contributed by atoms with E-state index in [-0.39, 0.29) is 5.82 Å². The highest BCUT2D eigenvalue weighted by Gasteiger charge is 2.18. The lowest BCUT2D eigenvalue weighted by Gasteiger charge is -2.15. The van der Waals surface area contributed by atoms with Crippen molar-refractivity contribution in [3.05, 3.63) is 29.6 Å². The van der Waals surface area contributed by atoms with Gasteiger partial charge in [0, 0.05) is 38.3 Å². The van der Waals surface area contributed by atoms with Crippen LogP contribution in [0.2, 0.25) is 0 Å². The summed E-state index contributed by atoms with van der Waals surface area (Å²) < 4.78 is 29.8. The van der Waals surface area contributed by atoms with E-state index in [2.05, 4.69) is 5.32 Å². The van der Waals surface area contributed by atoms with E-state index < -0.39 is 0 Å². The molecule has 0 bridgehead atoms. The van der Waals surface area contributed by atoms with Gasteiger partial charge in [0.15, 0.2) is 11.6 Å². The first kappa shape index (κ1) is 15.2. The second kappa shape index (κ2) is 8.19. The molecule has 2 rings (SSSR count). The van der Waals surface area contributed by atoms with Gasteiger partial charge >= 0.3 is 0 Å². The van der Waals surface area contributed by atoms with Crippen molar-refractivity contribution in [2.75, 3.05) is 40.1 Å². The van der Waals surface area contributed by atoms with Gasteiger partial charge < -0.3 is 19.5 Å². The van der Waals surface area contributed by atoms with Crippen LogP contribution in [0.25, 0.3) is 0 Å². The smallest absolute Gasteiger partial charge is 0.165 e. The minimum atomic E-state index is -0.310. The standard InChI is InChI=1S/C15H22FNO3/c1-18-8-6-17-9-13-3-2-4-14(16)15(13)20-11-12-5-7-19-10-12/h2-4,12,17H,5-11H2,1H3. The summed E-state index contributed by atoms with van der Waals surface area (Å²) in [5.41, 5.74) is 0.833. The molecule has 0 aliphatic carbocycles. The monoisotopic (exact) mass is 283 g/mol. The molecular formula is C15H22FNO3. The van der Waals surface area contributed by atoms with Crippen LogP contribution in [0, 0.1) is 11.7 Å². The Hall–Kier alpha value is -1.17. The molecular weight excluding hydrogens is 261 g/mol. The van der Waals surface area contributed by atoms with Crippen LogP contribution in [-0.2, 0) is 16.0 Å². The highest BCUT2D eigenvalue weighted by molar-refractivity contribution is 5.34. The molecule has 1 fully saturated rings. The Morgan fingerprint density at radius 3 is 3.10 bits per heavy atom. The lowest BCUT2D eigenvalue weighted by molar-refractivity contribution is 0.165. The molecule has 1 aliphatic rings. The summed E-state index contributed by atoms with van der Waals surface area (Å²) in [6.07, 6.45) is 0.982. The number of hydrogen-bond donors (Lipinski definition) is 1. The molecule has 1 aromatic carbocycles. The molecule has 1 atom stereocenters. The van der Waals surface area contributed by atoms with E-state index in [1.54, 1.807) is 13.2 Å². The molecule has 0 amide bonds. The fourth-order valence-electron chi connectivity index (χ4n) is 2.17. The number of rotatable bonds is 8. The Morgan fingerprint density at radius 2 is 2.35 bits per heavy atom. The molecule has 0 spiro atoms. The minimum absolute atomic E-state index is 0.310. The van der Waals surface area contributed by atoms with E-state index in [4.69, 9.17) is 14.2 Å². The number of methoxy groups -OCH3 is 1. The maximum Gasteiger partial charge on any atom is 0.165 e. The Labute approximate surface area is 119 Å². The average Bonchev–Trinajstić information content (AvgIpc) is 2.96. The van der Waals surface area contributed by atoms with Crippen LogP contribution < -0.4 is 10.1 Å². The summed E-state index contributed by atoms with van der Waals surface area (Å²) in [5, 5.41) is 3.20. The molecule has 1 saturated heterocycles. The second-order valence-corrected chi connectivity index (χ2v) is 4.94. The highest BCUT2D eigenvalue weighted by Crippen LogP contribution is 2.24. The van der Waals surface area contributed by atoms with E-state index >= 15 is 0 Å². The molecule has 4 nitrogen and oxygen atoms in total. The van der Waals surface area contributed by atoms with Crippen molar-refractivity contribution in [1.29, 1.82) is 0 Å². The normalized spacial score (nSPS) is 18.4. The van der Waals surface area contributed by atoms with Gasteiger partial charge in [0.25, 0.3) is 0 Å². The van der Waals surface area contributed by atoms with Crippen molar-refractivity contribution in [1.82, 2.24) is 5.32 Å². The predicted molar refractivity (Wildman–Crippen MR) is 74.4 cm³/mol. The first-order valence-electron chi connectivity index (χ1n) is 6.99. The van der Waals surface area contributed by atoms with Crippen LogP contribution >= 0.6 is 0 Å². The molecule has 5 heteroatoms. The van der Waals surface area contributed by atoms with Crippen LogP contribution in [0.4, 0.5) is 4.39 Å². The van der Waals surface area contributed by atoms with Gasteiger partial charge in [0.05, 0.1) is 19.8 Å². The van der Waals surface area contributed by atoms with Gasteiger partial charge in [0.1, 0.15) is 0 Å². The molecule has 112 valence electrons. The van der Waals surface area contributed by atoms with Gasteiger partial charge in [-0.05, 0) is 12.5 Å². The van der Waals surface area contributed by atoms with E-state index in [0.29, 0.717) is 38.0 Å². The van der Waals surface area contributed by atoms with Gasteiger partial charge in [-0.25, -0.2) is 4.39 Å². The molecule has 1 aliphatic heterocycles. The van der Waals surface area contributed by atoms with Crippen molar-refractivity contribution in [3.8, 4) is 5.75 Å². The molecule has 1 N–H and O–H groups in total.